The Bertz CT molecular complexity index is 730. The number of anilines is 1. The molecule has 21 heavy (non-hydrogen) atoms. The Kier molecular flexibility index (Phi) is 3.41. The molecule has 0 saturated carbocycles. The Morgan fingerprint density at radius 1 is 1.33 bits per heavy atom. The molecule has 0 aliphatic carbocycles. The Hall–Kier alpha value is -1.60. The zero-order chi connectivity index (χ0) is 15.2. The summed E-state index contributed by atoms with van der Waals surface area (Å²) >= 11 is 0. The van der Waals surface area contributed by atoms with Gasteiger partial charge in [0.15, 0.2) is 0 Å². The summed E-state index contributed by atoms with van der Waals surface area (Å²) in [5.41, 5.74) is 1.73. The third kappa shape index (κ3) is 2.75. The van der Waals surface area contributed by atoms with Crippen molar-refractivity contribution in [1.82, 2.24) is 0 Å². The number of benzene rings is 1. The fourth-order valence-corrected chi connectivity index (χ4v) is 4.11. The van der Waals surface area contributed by atoms with Gasteiger partial charge in [0.25, 0.3) is 0 Å². The average molecular weight is 330 g/mol. The highest BCUT2D eigenvalue weighted by Crippen LogP contribution is 2.34. The number of carbonyl (C=O) groups is 2. The van der Waals surface area contributed by atoms with E-state index in [1.54, 1.807) is 18.2 Å². The van der Waals surface area contributed by atoms with Crippen LogP contribution in [0.2, 0.25) is 0 Å². The van der Waals surface area contributed by atoms with Gasteiger partial charge in [0.1, 0.15) is 6.61 Å². The van der Waals surface area contributed by atoms with Gasteiger partial charge in [-0.25, -0.2) is 13.2 Å². The van der Waals surface area contributed by atoms with Gasteiger partial charge >= 0.3 is 5.97 Å². The summed E-state index contributed by atoms with van der Waals surface area (Å²) in [6.07, 6.45) is 0.129. The van der Waals surface area contributed by atoms with Crippen molar-refractivity contribution in [1.29, 1.82) is 0 Å². The molecule has 3 rings (SSSR count). The second-order valence-electron chi connectivity index (χ2n) is 5.16. The van der Waals surface area contributed by atoms with Crippen molar-refractivity contribution in [2.75, 3.05) is 17.2 Å². The third-order valence-corrected chi connectivity index (χ3v) is 4.90. The van der Waals surface area contributed by atoms with Crippen molar-refractivity contribution >= 4 is 37.3 Å². The highest BCUT2D eigenvalue weighted by Gasteiger charge is 2.36. The molecule has 2 heterocycles. The lowest BCUT2D eigenvalue weighted by Crippen LogP contribution is -2.26. The van der Waals surface area contributed by atoms with Crippen LogP contribution in [0.3, 0.4) is 0 Å². The molecule has 1 unspecified atom stereocenters. The molecule has 8 heteroatoms. The summed E-state index contributed by atoms with van der Waals surface area (Å²) in [5.74, 6) is -1.15. The van der Waals surface area contributed by atoms with Crippen LogP contribution in [0.25, 0.3) is 0 Å². The lowest BCUT2D eigenvalue weighted by atomic mass is 10.1. The molecular weight excluding hydrogens is 318 g/mol. The SMILES string of the molecule is O=C1OCc2c1cccc2N1CC(CS(=O)(=O)Cl)CC1=O. The van der Waals surface area contributed by atoms with E-state index >= 15 is 0 Å². The fourth-order valence-electron chi connectivity index (χ4n) is 2.79. The molecule has 0 bridgehead atoms. The summed E-state index contributed by atoms with van der Waals surface area (Å²) < 4.78 is 27.2. The number of carbonyl (C=O) groups excluding carboxylic acids is 2. The van der Waals surface area contributed by atoms with E-state index in [9.17, 15) is 18.0 Å². The molecular formula is C13H12ClNO5S. The molecule has 0 spiro atoms. The van der Waals surface area contributed by atoms with E-state index in [2.05, 4.69) is 0 Å². The van der Waals surface area contributed by atoms with Crippen LogP contribution in [0.15, 0.2) is 18.2 Å². The lowest BCUT2D eigenvalue weighted by molar-refractivity contribution is -0.117. The monoisotopic (exact) mass is 329 g/mol. The molecule has 6 nitrogen and oxygen atoms in total. The molecule has 0 aromatic heterocycles. The molecule has 112 valence electrons. The Morgan fingerprint density at radius 2 is 2.10 bits per heavy atom. The number of fused-ring (bicyclic) bond motifs is 1. The van der Waals surface area contributed by atoms with Crippen LogP contribution in [-0.4, -0.2) is 32.6 Å². The van der Waals surface area contributed by atoms with Crippen molar-refractivity contribution in [2.24, 2.45) is 5.92 Å². The second kappa shape index (κ2) is 4.99. The fraction of sp³-hybridized carbons (Fsp3) is 0.385. The number of nitrogens with zero attached hydrogens (tertiary/aromatic N) is 1. The summed E-state index contributed by atoms with van der Waals surface area (Å²) in [7, 11) is 1.60. The maximum Gasteiger partial charge on any atom is 0.338 e. The highest BCUT2D eigenvalue weighted by molar-refractivity contribution is 8.13. The van der Waals surface area contributed by atoms with Crippen LogP contribution in [0.4, 0.5) is 5.69 Å². The van der Waals surface area contributed by atoms with Gasteiger partial charge in [-0.1, -0.05) is 6.07 Å². The summed E-state index contributed by atoms with van der Waals surface area (Å²) in [5, 5.41) is 0. The van der Waals surface area contributed by atoms with Gasteiger partial charge < -0.3 is 9.64 Å². The van der Waals surface area contributed by atoms with Crippen molar-refractivity contribution in [3.63, 3.8) is 0 Å². The smallest absolute Gasteiger partial charge is 0.338 e. The Balaban J connectivity index is 1.89. The minimum absolute atomic E-state index is 0.129. The van der Waals surface area contributed by atoms with Crippen LogP contribution in [-0.2, 0) is 25.2 Å². The predicted octanol–water partition coefficient (Wildman–Crippen LogP) is 1.28. The molecule has 2 aliphatic heterocycles. The Labute approximate surface area is 126 Å². The molecule has 1 atom stereocenters. The predicted molar refractivity (Wildman–Crippen MR) is 75.7 cm³/mol. The number of hydrogen-bond acceptors (Lipinski definition) is 5. The molecule has 0 radical (unpaired) electrons. The zero-order valence-corrected chi connectivity index (χ0v) is 12.5. The largest absolute Gasteiger partial charge is 0.457 e. The van der Waals surface area contributed by atoms with Crippen molar-refractivity contribution in [2.45, 2.75) is 13.0 Å². The quantitative estimate of drug-likeness (QED) is 0.616. The summed E-state index contributed by atoms with van der Waals surface area (Å²) in [6.45, 7) is 0.405. The first kappa shape index (κ1) is 14.3. The molecule has 1 amide bonds. The van der Waals surface area contributed by atoms with Crippen molar-refractivity contribution in [3.8, 4) is 0 Å². The lowest BCUT2D eigenvalue weighted by Gasteiger charge is -2.19. The van der Waals surface area contributed by atoms with Crippen LogP contribution >= 0.6 is 10.7 Å². The van der Waals surface area contributed by atoms with Gasteiger partial charge in [0.2, 0.25) is 15.0 Å². The minimum atomic E-state index is -3.64. The second-order valence-corrected chi connectivity index (χ2v) is 7.98. The number of amides is 1. The van der Waals surface area contributed by atoms with E-state index < -0.39 is 15.0 Å². The van der Waals surface area contributed by atoms with Crippen molar-refractivity contribution < 1.29 is 22.7 Å². The van der Waals surface area contributed by atoms with Gasteiger partial charge in [0, 0.05) is 35.1 Å². The number of esters is 1. The van der Waals surface area contributed by atoms with E-state index in [0.29, 0.717) is 16.8 Å². The highest BCUT2D eigenvalue weighted by atomic mass is 35.7. The van der Waals surface area contributed by atoms with Gasteiger partial charge in [0.05, 0.1) is 17.0 Å². The van der Waals surface area contributed by atoms with E-state index in [0.717, 1.165) is 0 Å². The van der Waals surface area contributed by atoms with Gasteiger partial charge in [-0.2, -0.15) is 0 Å². The normalized spacial score (nSPS) is 21.6. The van der Waals surface area contributed by atoms with Gasteiger partial charge in [-0.15, -0.1) is 0 Å². The first-order valence-electron chi connectivity index (χ1n) is 6.37. The van der Waals surface area contributed by atoms with Crippen molar-refractivity contribution in [3.05, 3.63) is 29.3 Å². The molecule has 1 saturated heterocycles. The van der Waals surface area contributed by atoms with Gasteiger partial charge in [-0.3, -0.25) is 4.79 Å². The number of cyclic esters (lactones) is 1. The molecule has 1 fully saturated rings. The Morgan fingerprint density at radius 3 is 2.81 bits per heavy atom. The summed E-state index contributed by atoms with van der Waals surface area (Å²) in [4.78, 5) is 25.2. The number of rotatable bonds is 3. The zero-order valence-electron chi connectivity index (χ0n) is 10.9. The topological polar surface area (TPSA) is 80.8 Å². The van der Waals surface area contributed by atoms with E-state index in [1.165, 1.54) is 4.90 Å². The minimum Gasteiger partial charge on any atom is -0.457 e. The molecule has 2 aliphatic rings. The molecule has 1 aromatic rings. The maximum atomic E-state index is 12.1. The van der Waals surface area contributed by atoms with Crippen LogP contribution in [0, 0.1) is 5.92 Å². The van der Waals surface area contributed by atoms with Gasteiger partial charge in [-0.05, 0) is 12.1 Å². The number of ether oxygens (including phenoxy) is 1. The maximum absolute atomic E-state index is 12.1. The van der Waals surface area contributed by atoms with E-state index in [-0.39, 0.29) is 37.2 Å². The average Bonchev–Trinajstić information content (AvgIpc) is 2.91. The van der Waals surface area contributed by atoms with Crippen LogP contribution in [0.1, 0.15) is 22.3 Å². The van der Waals surface area contributed by atoms with Crippen LogP contribution < -0.4 is 4.90 Å². The first-order chi connectivity index (χ1) is 9.85. The van der Waals surface area contributed by atoms with E-state index in [1.807, 2.05) is 0 Å². The number of hydrogen-bond donors (Lipinski definition) is 0. The molecule has 1 aromatic carbocycles. The first-order valence-corrected chi connectivity index (χ1v) is 8.85. The van der Waals surface area contributed by atoms with E-state index in [4.69, 9.17) is 15.4 Å². The standard InChI is InChI=1S/C13H12ClNO5S/c14-21(18,19)7-8-4-12(16)15(5-8)11-3-1-2-9-10(11)6-20-13(9)17/h1-3,8H,4-7H2. The number of halogens is 1. The third-order valence-electron chi connectivity index (χ3n) is 3.65. The summed E-state index contributed by atoms with van der Waals surface area (Å²) in [6, 6.07) is 5.06. The van der Waals surface area contributed by atoms with Crippen LogP contribution in [0.5, 0.6) is 0 Å². The molecule has 0 N–H and O–H groups in total.